The standard InChI is InChI=1S/C34H46F2N8O5S/c1-3-5-25-18-23(22-6-7-27-29(19-22)42(2)41-31(27)28-8-9-30(45)40-32(28)46)10-14-43(25)13-4-17-50(47,48)44-15-11-24(12-16-44)39-34-37-20-26(21-38-34)49-33(35)36/h6-7,19-21,23-25,28,33H,3-5,8-18H2,1-2H3,(H,37,38,39)(H,40,45,46). The van der Waals surface area contributed by atoms with Gasteiger partial charge in [0.25, 0.3) is 0 Å². The van der Waals surface area contributed by atoms with Crippen LogP contribution in [0.1, 0.15) is 87.8 Å². The van der Waals surface area contributed by atoms with Crippen molar-refractivity contribution in [3.05, 3.63) is 41.9 Å². The topological polar surface area (TPSA) is 152 Å². The second-order valence-corrected chi connectivity index (χ2v) is 15.7. The van der Waals surface area contributed by atoms with Crippen molar-refractivity contribution in [2.75, 3.05) is 37.2 Å². The maximum Gasteiger partial charge on any atom is 0.387 e. The molecule has 3 aliphatic rings. The van der Waals surface area contributed by atoms with Gasteiger partial charge in [-0.15, -0.1) is 0 Å². The van der Waals surface area contributed by atoms with Gasteiger partial charge in [0.2, 0.25) is 27.8 Å². The molecular formula is C34H46F2N8O5S. The number of aromatic nitrogens is 4. The number of sulfonamides is 1. The second-order valence-electron chi connectivity index (χ2n) is 13.6. The van der Waals surface area contributed by atoms with Gasteiger partial charge < -0.3 is 15.0 Å². The molecule has 6 rings (SSSR count). The molecule has 2 N–H and O–H groups in total. The maximum absolute atomic E-state index is 13.3. The van der Waals surface area contributed by atoms with Crippen LogP contribution in [0, 0.1) is 0 Å². The second kappa shape index (κ2) is 15.6. The lowest BCUT2D eigenvalue weighted by atomic mass is 9.83. The van der Waals surface area contributed by atoms with Crippen LogP contribution in [0.2, 0.25) is 0 Å². The number of fused-ring (bicyclic) bond motifs is 1. The molecule has 2 amide bonds. The van der Waals surface area contributed by atoms with E-state index in [0.29, 0.717) is 57.2 Å². The molecule has 2 aromatic heterocycles. The van der Waals surface area contributed by atoms with Crippen molar-refractivity contribution in [3.8, 4) is 5.75 Å². The van der Waals surface area contributed by atoms with Gasteiger partial charge in [-0.25, -0.2) is 22.7 Å². The first-order valence-corrected chi connectivity index (χ1v) is 19.2. The normalized spacial score (nSPS) is 23.0. The molecule has 16 heteroatoms. The van der Waals surface area contributed by atoms with Crippen LogP contribution < -0.4 is 15.4 Å². The van der Waals surface area contributed by atoms with Crippen molar-refractivity contribution in [1.82, 2.24) is 34.3 Å². The SMILES string of the molecule is CCCC1CC(c2ccc3c(C4CCC(=O)NC4=O)nn(C)c3c2)CCN1CCCS(=O)(=O)N1CCC(Nc2ncc(OC(F)F)cn2)CC1. The molecule has 0 radical (unpaired) electrons. The smallest absolute Gasteiger partial charge is 0.387 e. The molecule has 272 valence electrons. The van der Waals surface area contributed by atoms with Crippen LogP contribution in [-0.4, -0.2) is 99.8 Å². The predicted octanol–water partition coefficient (Wildman–Crippen LogP) is 4.13. The zero-order chi connectivity index (χ0) is 35.4. The highest BCUT2D eigenvalue weighted by atomic mass is 32.2. The van der Waals surface area contributed by atoms with Crippen LogP contribution in [0.25, 0.3) is 10.9 Å². The molecule has 13 nitrogen and oxygen atoms in total. The van der Waals surface area contributed by atoms with Crippen LogP contribution >= 0.6 is 0 Å². The molecule has 0 spiro atoms. The molecule has 3 saturated heterocycles. The zero-order valence-electron chi connectivity index (χ0n) is 28.6. The van der Waals surface area contributed by atoms with Gasteiger partial charge in [0, 0.05) is 44.0 Å². The number of likely N-dealkylation sites (tertiary alicyclic amines) is 1. The number of aryl methyl sites for hydroxylation is 1. The number of halogens is 2. The number of nitrogens with zero attached hydrogens (tertiary/aromatic N) is 6. The van der Waals surface area contributed by atoms with E-state index in [2.05, 4.69) is 55.4 Å². The average Bonchev–Trinajstić information content (AvgIpc) is 3.41. The van der Waals surface area contributed by atoms with Gasteiger partial charge in [-0.05, 0) is 75.6 Å². The molecule has 5 heterocycles. The highest BCUT2D eigenvalue weighted by molar-refractivity contribution is 7.89. The van der Waals surface area contributed by atoms with Crippen LogP contribution in [0.15, 0.2) is 30.6 Å². The van der Waals surface area contributed by atoms with E-state index in [9.17, 15) is 26.8 Å². The number of hydrogen-bond acceptors (Lipinski definition) is 10. The Balaban J connectivity index is 0.995. The molecule has 0 saturated carbocycles. The van der Waals surface area contributed by atoms with E-state index in [4.69, 9.17) is 5.10 Å². The van der Waals surface area contributed by atoms with Crippen molar-refractivity contribution in [2.45, 2.75) is 95.2 Å². The number of carbonyl (C=O) groups excluding carboxylic acids is 2. The summed E-state index contributed by atoms with van der Waals surface area (Å²) < 4.78 is 59.0. The highest BCUT2D eigenvalue weighted by Gasteiger charge is 2.34. The van der Waals surface area contributed by atoms with Gasteiger partial charge in [-0.2, -0.15) is 13.9 Å². The lowest BCUT2D eigenvalue weighted by molar-refractivity contribution is -0.134. The van der Waals surface area contributed by atoms with E-state index < -0.39 is 22.6 Å². The van der Waals surface area contributed by atoms with Crippen LogP contribution in [0.4, 0.5) is 14.7 Å². The molecule has 0 bridgehead atoms. The number of amides is 2. The van der Waals surface area contributed by atoms with E-state index >= 15 is 0 Å². The molecule has 3 aromatic rings. The van der Waals surface area contributed by atoms with E-state index in [-0.39, 0.29) is 35.3 Å². The number of alkyl halides is 2. The number of anilines is 1. The molecule has 3 atom stereocenters. The Bertz CT molecular complexity index is 1760. The molecule has 3 fully saturated rings. The minimum atomic E-state index is -3.41. The fourth-order valence-electron chi connectivity index (χ4n) is 7.69. The quantitative estimate of drug-likeness (QED) is 0.247. The van der Waals surface area contributed by atoms with Gasteiger partial charge in [0.05, 0.1) is 35.3 Å². The lowest BCUT2D eigenvalue weighted by Gasteiger charge is -2.40. The van der Waals surface area contributed by atoms with Gasteiger partial charge in [-0.3, -0.25) is 19.6 Å². The van der Waals surface area contributed by atoms with Crippen LogP contribution in [-0.2, 0) is 26.7 Å². The van der Waals surface area contributed by atoms with Crippen molar-refractivity contribution in [1.29, 1.82) is 0 Å². The number of rotatable bonds is 13. The fraction of sp³-hybridized carbons (Fsp3) is 0.618. The predicted molar refractivity (Wildman–Crippen MR) is 183 cm³/mol. The van der Waals surface area contributed by atoms with Crippen molar-refractivity contribution in [3.63, 3.8) is 0 Å². The lowest BCUT2D eigenvalue weighted by Crippen LogP contribution is -2.45. The van der Waals surface area contributed by atoms with Crippen molar-refractivity contribution >= 4 is 38.7 Å². The third kappa shape index (κ3) is 8.40. The van der Waals surface area contributed by atoms with Crippen molar-refractivity contribution < 1.29 is 31.5 Å². The largest absolute Gasteiger partial charge is 0.432 e. The Morgan fingerprint density at radius 1 is 1.08 bits per heavy atom. The average molecular weight is 717 g/mol. The van der Waals surface area contributed by atoms with E-state index in [1.165, 1.54) is 18.0 Å². The Labute approximate surface area is 291 Å². The summed E-state index contributed by atoms with van der Waals surface area (Å²) in [6.07, 6.45) is 8.94. The summed E-state index contributed by atoms with van der Waals surface area (Å²) in [7, 11) is -1.51. The Morgan fingerprint density at radius 2 is 1.84 bits per heavy atom. The summed E-state index contributed by atoms with van der Waals surface area (Å²) >= 11 is 0. The summed E-state index contributed by atoms with van der Waals surface area (Å²) in [6, 6.07) is 6.76. The number of ether oxygens (including phenoxy) is 1. The summed E-state index contributed by atoms with van der Waals surface area (Å²) in [5, 5.41) is 11.3. The molecule has 1 aromatic carbocycles. The number of benzene rings is 1. The third-order valence-corrected chi connectivity index (χ3v) is 12.2. The van der Waals surface area contributed by atoms with Gasteiger partial charge in [-0.1, -0.05) is 25.5 Å². The fourth-order valence-corrected chi connectivity index (χ4v) is 9.21. The number of nitrogens with one attached hydrogen (secondary N) is 2. The highest BCUT2D eigenvalue weighted by Crippen LogP contribution is 2.37. The molecule has 3 aliphatic heterocycles. The van der Waals surface area contributed by atoms with Gasteiger partial charge in [0.15, 0.2) is 5.75 Å². The summed E-state index contributed by atoms with van der Waals surface area (Å²) in [5.41, 5.74) is 2.95. The minimum absolute atomic E-state index is 0.0228. The van der Waals surface area contributed by atoms with Crippen LogP contribution in [0.5, 0.6) is 5.75 Å². The first-order valence-electron chi connectivity index (χ1n) is 17.6. The molecule has 0 aliphatic carbocycles. The minimum Gasteiger partial charge on any atom is -0.432 e. The van der Waals surface area contributed by atoms with Gasteiger partial charge in [0.1, 0.15) is 0 Å². The van der Waals surface area contributed by atoms with Crippen LogP contribution in [0.3, 0.4) is 0 Å². The number of carbonyl (C=O) groups is 2. The van der Waals surface area contributed by atoms with E-state index in [1.54, 1.807) is 4.31 Å². The number of piperidine rings is 3. The first-order chi connectivity index (χ1) is 24.0. The Morgan fingerprint density at radius 3 is 2.54 bits per heavy atom. The zero-order valence-corrected chi connectivity index (χ0v) is 29.4. The monoisotopic (exact) mass is 716 g/mol. The Hall–Kier alpha value is -3.76. The maximum atomic E-state index is 13.3. The molecule has 3 unspecified atom stereocenters. The van der Waals surface area contributed by atoms with Crippen molar-refractivity contribution in [2.24, 2.45) is 7.05 Å². The summed E-state index contributed by atoms with van der Waals surface area (Å²) in [4.78, 5) is 34.7. The Kier molecular flexibility index (Phi) is 11.3. The van der Waals surface area contributed by atoms with Gasteiger partial charge >= 0.3 is 6.61 Å². The molecular weight excluding hydrogens is 670 g/mol. The third-order valence-electron chi connectivity index (χ3n) is 10.3. The number of imide groups is 1. The summed E-state index contributed by atoms with van der Waals surface area (Å²) in [5.74, 6) is -0.317. The summed E-state index contributed by atoms with van der Waals surface area (Å²) in [6.45, 7) is 1.66. The molecule has 50 heavy (non-hydrogen) atoms. The van der Waals surface area contributed by atoms with E-state index in [1.807, 2.05) is 11.7 Å². The first kappa shape index (κ1) is 36.0. The van der Waals surface area contributed by atoms with E-state index in [0.717, 1.165) is 55.4 Å². The number of hydrogen-bond donors (Lipinski definition) is 2.